The lowest BCUT2D eigenvalue weighted by Gasteiger charge is -2.43. The summed E-state index contributed by atoms with van der Waals surface area (Å²) in [6.45, 7) is 13.9. The van der Waals surface area contributed by atoms with Crippen molar-refractivity contribution in [3.8, 4) is 0 Å². The van der Waals surface area contributed by atoms with Gasteiger partial charge in [-0.05, 0) is 33.7 Å². The Balaban J connectivity index is 2.58. The van der Waals surface area contributed by atoms with Gasteiger partial charge in [0.25, 0.3) is 0 Å². The predicted molar refractivity (Wildman–Crippen MR) is 88.2 cm³/mol. The van der Waals surface area contributed by atoms with E-state index in [0.717, 1.165) is 39.0 Å². The van der Waals surface area contributed by atoms with Gasteiger partial charge in [-0.3, -0.25) is 9.69 Å². The molecule has 5 heteroatoms. The van der Waals surface area contributed by atoms with E-state index in [0.29, 0.717) is 13.1 Å². The Morgan fingerprint density at radius 3 is 2.10 bits per heavy atom. The smallest absolute Gasteiger partial charge is 0.227 e. The third-order valence-electron chi connectivity index (χ3n) is 5.27. The fourth-order valence-corrected chi connectivity index (χ4v) is 2.96. The molecule has 0 bridgehead atoms. The van der Waals surface area contributed by atoms with Gasteiger partial charge in [-0.15, -0.1) is 0 Å². The standard InChI is InChI=1S/C16H34N4O/c1-6-16(7-2,12-17)14(21)18-13-15(3,4)20-10-8-19(5)9-11-20/h6-13,17H2,1-5H3,(H,18,21). The highest BCUT2D eigenvalue weighted by Gasteiger charge is 2.35. The lowest BCUT2D eigenvalue weighted by molar-refractivity contribution is -0.131. The zero-order valence-electron chi connectivity index (χ0n) is 14.5. The molecule has 0 saturated carbocycles. The van der Waals surface area contributed by atoms with Crippen molar-refractivity contribution in [1.82, 2.24) is 15.1 Å². The fourth-order valence-electron chi connectivity index (χ4n) is 2.96. The van der Waals surface area contributed by atoms with Crippen molar-refractivity contribution >= 4 is 5.91 Å². The molecule has 21 heavy (non-hydrogen) atoms. The van der Waals surface area contributed by atoms with E-state index in [1.54, 1.807) is 0 Å². The Bertz CT molecular complexity index is 323. The molecule has 0 unspecified atom stereocenters. The SMILES string of the molecule is CCC(CC)(CN)C(=O)NCC(C)(C)N1CCN(C)CC1. The van der Waals surface area contributed by atoms with Crippen molar-refractivity contribution in [1.29, 1.82) is 0 Å². The molecule has 1 aliphatic heterocycles. The summed E-state index contributed by atoms with van der Waals surface area (Å²) in [6, 6.07) is 0. The second-order valence-corrected chi connectivity index (χ2v) is 6.98. The fraction of sp³-hybridized carbons (Fsp3) is 0.938. The first-order valence-electron chi connectivity index (χ1n) is 8.23. The van der Waals surface area contributed by atoms with Gasteiger partial charge in [0.05, 0.1) is 5.41 Å². The van der Waals surface area contributed by atoms with E-state index >= 15 is 0 Å². The van der Waals surface area contributed by atoms with Crippen LogP contribution in [0.2, 0.25) is 0 Å². The average molecular weight is 298 g/mol. The van der Waals surface area contributed by atoms with Crippen LogP contribution >= 0.6 is 0 Å². The first-order chi connectivity index (χ1) is 9.81. The number of amides is 1. The summed E-state index contributed by atoms with van der Waals surface area (Å²) < 4.78 is 0. The van der Waals surface area contributed by atoms with E-state index in [2.05, 4.69) is 36.0 Å². The normalized spacial score (nSPS) is 18.8. The van der Waals surface area contributed by atoms with Crippen LogP contribution in [0.25, 0.3) is 0 Å². The van der Waals surface area contributed by atoms with Crippen molar-refractivity contribution in [2.45, 2.75) is 46.1 Å². The second-order valence-electron chi connectivity index (χ2n) is 6.98. The Morgan fingerprint density at radius 1 is 1.14 bits per heavy atom. The third kappa shape index (κ3) is 4.41. The molecule has 1 saturated heterocycles. The van der Waals surface area contributed by atoms with Crippen LogP contribution in [0.4, 0.5) is 0 Å². The highest BCUT2D eigenvalue weighted by Crippen LogP contribution is 2.25. The number of likely N-dealkylation sites (N-methyl/N-ethyl adjacent to an activating group) is 1. The Hall–Kier alpha value is -0.650. The molecular formula is C16H34N4O. The number of carbonyl (C=O) groups excluding carboxylic acids is 1. The molecule has 1 rings (SSSR count). The number of nitrogens with one attached hydrogen (secondary N) is 1. The quantitative estimate of drug-likeness (QED) is 0.733. The lowest BCUT2D eigenvalue weighted by atomic mass is 9.81. The number of piperazine rings is 1. The van der Waals surface area contributed by atoms with Gasteiger partial charge in [0.2, 0.25) is 5.91 Å². The zero-order valence-corrected chi connectivity index (χ0v) is 14.5. The molecule has 1 aliphatic rings. The van der Waals surface area contributed by atoms with E-state index in [1.807, 2.05) is 13.8 Å². The van der Waals surface area contributed by atoms with Gasteiger partial charge in [-0.2, -0.15) is 0 Å². The molecule has 1 heterocycles. The first kappa shape index (κ1) is 18.4. The summed E-state index contributed by atoms with van der Waals surface area (Å²) in [5, 5.41) is 3.15. The summed E-state index contributed by atoms with van der Waals surface area (Å²) >= 11 is 0. The van der Waals surface area contributed by atoms with Gasteiger partial charge >= 0.3 is 0 Å². The van der Waals surface area contributed by atoms with Crippen LogP contribution in [-0.4, -0.2) is 67.6 Å². The molecule has 3 N–H and O–H groups in total. The molecule has 1 amide bonds. The molecule has 5 nitrogen and oxygen atoms in total. The number of hydrogen-bond acceptors (Lipinski definition) is 4. The van der Waals surface area contributed by atoms with E-state index in [9.17, 15) is 4.79 Å². The van der Waals surface area contributed by atoms with E-state index in [1.165, 1.54) is 0 Å². The van der Waals surface area contributed by atoms with Crippen LogP contribution in [0.5, 0.6) is 0 Å². The van der Waals surface area contributed by atoms with Crippen molar-refractivity contribution < 1.29 is 4.79 Å². The van der Waals surface area contributed by atoms with Crippen LogP contribution in [0, 0.1) is 5.41 Å². The van der Waals surface area contributed by atoms with Crippen molar-refractivity contribution in [2.75, 3.05) is 46.3 Å². The highest BCUT2D eigenvalue weighted by atomic mass is 16.2. The van der Waals surface area contributed by atoms with Gasteiger partial charge < -0.3 is 16.0 Å². The summed E-state index contributed by atoms with van der Waals surface area (Å²) in [4.78, 5) is 17.3. The molecule has 124 valence electrons. The largest absolute Gasteiger partial charge is 0.354 e. The number of rotatable bonds is 7. The average Bonchev–Trinajstić information content (AvgIpc) is 2.48. The summed E-state index contributed by atoms with van der Waals surface area (Å²) in [5.41, 5.74) is 5.43. The molecule has 0 aromatic heterocycles. The molecule has 0 atom stereocenters. The number of nitrogens with zero attached hydrogens (tertiary/aromatic N) is 2. The van der Waals surface area contributed by atoms with Gasteiger partial charge in [-0.25, -0.2) is 0 Å². The molecule has 0 aromatic carbocycles. The van der Waals surface area contributed by atoms with Crippen LogP contribution in [-0.2, 0) is 4.79 Å². The first-order valence-corrected chi connectivity index (χ1v) is 8.23. The summed E-state index contributed by atoms with van der Waals surface area (Å²) in [5.74, 6) is 0.109. The van der Waals surface area contributed by atoms with E-state index in [4.69, 9.17) is 5.73 Å². The number of carbonyl (C=O) groups is 1. The van der Waals surface area contributed by atoms with Gasteiger partial charge in [0, 0.05) is 44.8 Å². The minimum absolute atomic E-state index is 0.0151. The molecular weight excluding hydrogens is 264 g/mol. The monoisotopic (exact) mass is 298 g/mol. The number of hydrogen-bond donors (Lipinski definition) is 2. The van der Waals surface area contributed by atoms with Crippen molar-refractivity contribution in [2.24, 2.45) is 11.1 Å². The zero-order chi connectivity index (χ0) is 16.1. The molecule has 0 radical (unpaired) electrons. The Morgan fingerprint density at radius 2 is 1.67 bits per heavy atom. The van der Waals surface area contributed by atoms with Gasteiger partial charge in [0.15, 0.2) is 0 Å². The minimum Gasteiger partial charge on any atom is -0.354 e. The number of nitrogens with two attached hydrogens (primary N) is 1. The van der Waals surface area contributed by atoms with Gasteiger partial charge in [0.1, 0.15) is 0 Å². The predicted octanol–water partition coefficient (Wildman–Crippen LogP) is 0.894. The minimum atomic E-state index is -0.405. The van der Waals surface area contributed by atoms with E-state index in [-0.39, 0.29) is 11.4 Å². The molecule has 0 aromatic rings. The summed E-state index contributed by atoms with van der Waals surface area (Å²) in [7, 11) is 2.16. The Kier molecular flexibility index (Phi) is 6.63. The maximum absolute atomic E-state index is 12.5. The summed E-state index contributed by atoms with van der Waals surface area (Å²) in [6.07, 6.45) is 1.58. The van der Waals surface area contributed by atoms with Crippen LogP contribution < -0.4 is 11.1 Å². The van der Waals surface area contributed by atoms with E-state index < -0.39 is 5.41 Å². The maximum atomic E-state index is 12.5. The van der Waals surface area contributed by atoms with Gasteiger partial charge in [-0.1, -0.05) is 13.8 Å². The Labute approximate surface area is 130 Å². The second kappa shape index (κ2) is 7.56. The molecule has 0 spiro atoms. The van der Waals surface area contributed by atoms with Crippen molar-refractivity contribution in [3.05, 3.63) is 0 Å². The van der Waals surface area contributed by atoms with Crippen molar-refractivity contribution in [3.63, 3.8) is 0 Å². The maximum Gasteiger partial charge on any atom is 0.227 e. The highest BCUT2D eigenvalue weighted by molar-refractivity contribution is 5.82. The molecule has 1 fully saturated rings. The van der Waals surface area contributed by atoms with Crippen LogP contribution in [0.15, 0.2) is 0 Å². The lowest BCUT2D eigenvalue weighted by Crippen LogP contribution is -2.59. The van der Waals surface area contributed by atoms with Crippen LogP contribution in [0.1, 0.15) is 40.5 Å². The van der Waals surface area contributed by atoms with Crippen LogP contribution in [0.3, 0.4) is 0 Å². The third-order valence-corrected chi connectivity index (χ3v) is 5.27. The molecule has 0 aliphatic carbocycles. The topological polar surface area (TPSA) is 61.6 Å².